The maximum Gasteiger partial charge on any atom is 0.377 e. The first kappa shape index (κ1) is 18.4. The number of aliphatic hydroxyl groups is 1. The number of halogens is 5. The molecule has 2 heterocycles. The Morgan fingerprint density at radius 3 is 2.32 bits per heavy atom. The summed E-state index contributed by atoms with van der Waals surface area (Å²) in [6.07, 6.45) is -5.76. The summed E-state index contributed by atoms with van der Waals surface area (Å²) < 4.78 is 57.0. The van der Waals surface area contributed by atoms with Crippen molar-refractivity contribution in [2.45, 2.75) is 50.0 Å². The van der Waals surface area contributed by atoms with Gasteiger partial charge in [0.05, 0.1) is 6.10 Å². The molecular formula is C14H17ClF4N4O2. The van der Waals surface area contributed by atoms with Crippen molar-refractivity contribution in [3.8, 4) is 0 Å². The van der Waals surface area contributed by atoms with Gasteiger partial charge in [-0.15, -0.1) is 0 Å². The molecule has 0 bridgehead atoms. The van der Waals surface area contributed by atoms with Gasteiger partial charge < -0.3 is 15.3 Å². The molecule has 0 aromatic carbocycles. The van der Waals surface area contributed by atoms with Gasteiger partial charge in [-0.1, -0.05) is 11.6 Å². The number of ether oxygens (including phenoxy) is 1. The van der Waals surface area contributed by atoms with Crippen LogP contribution >= 0.6 is 11.6 Å². The molecule has 0 radical (unpaired) electrons. The van der Waals surface area contributed by atoms with Crippen LogP contribution in [0.3, 0.4) is 0 Å². The van der Waals surface area contributed by atoms with Crippen molar-refractivity contribution in [1.29, 1.82) is 0 Å². The monoisotopic (exact) mass is 384 g/mol. The van der Waals surface area contributed by atoms with E-state index in [0.717, 1.165) is 6.07 Å². The predicted molar refractivity (Wildman–Crippen MR) is 82.1 cm³/mol. The number of hydrogen-bond acceptors (Lipinski definition) is 6. The van der Waals surface area contributed by atoms with E-state index in [1.54, 1.807) is 0 Å². The number of alkyl halides is 4. The predicted octanol–water partition coefficient (Wildman–Crippen LogP) is 2.87. The van der Waals surface area contributed by atoms with Crippen LogP contribution in [0.2, 0.25) is 5.15 Å². The van der Waals surface area contributed by atoms with E-state index in [2.05, 4.69) is 20.0 Å². The smallest absolute Gasteiger partial charge is 0.377 e. The maximum atomic E-state index is 13.4. The van der Waals surface area contributed by atoms with Crippen LogP contribution in [0.25, 0.3) is 0 Å². The van der Waals surface area contributed by atoms with Crippen molar-refractivity contribution >= 4 is 23.4 Å². The molecular weight excluding hydrogens is 368 g/mol. The van der Waals surface area contributed by atoms with Crippen molar-refractivity contribution < 1.29 is 27.4 Å². The lowest BCUT2D eigenvalue weighted by Crippen LogP contribution is -2.55. The number of nitrogens with one attached hydrogen (secondary N) is 1. The van der Waals surface area contributed by atoms with E-state index in [-0.39, 0.29) is 29.1 Å². The Kier molecular flexibility index (Phi) is 4.95. The molecule has 1 aliphatic heterocycles. The lowest BCUT2D eigenvalue weighted by molar-refractivity contribution is -0.380. The van der Waals surface area contributed by atoms with Gasteiger partial charge in [0.1, 0.15) is 24.1 Å². The topological polar surface area (TPSA) is 70.5 Å². The van der Waals surface area contributed by atoms with Crippen LogP contribution in [0.1, 0.15) is 25.7 Å². The van der Waals surface area contributed by atoms with Gasteiger partial charge in [-0.2, -0.15) is 22.5 Å². The Labute approximate surface area is 146 Å². The standard InChI is InChI=1S/C14H17ClF4N4O2/c15-10-5-11(23-6-13(16,17)25-14(18,19)7-23)22-12(21-10)20-8-1-3-9(24)4-2-8/h5,8-9,24H,1-4,6-7H2,(H,20,21,22). The van der Waals surface area contributed by atoms with Gasteiger partial charge in [-0.05, 0) is 25.7 Å². The van der Waals surface area contributed by atoms with Crippen molar-refractivity contribution in [3.63, 3.8) is 0 Å². The number of aliphatic hydroxyl groups excluding tert-OH is 1. The zero-order valence-electron chi connectivity index (χ0n) is 13.1. The van der Waals surface area contributed by atoms with E-state index in [4.69, 9.17) is 11.6 Å². The molecule has 1 aromatic rings. The summed E-state index contributed by atoms with van der Waals surface area (Å²) in [5.41, 5.74) is 0. The van der Waals surface area contributed by atoms with E-state index in [9.17, 15) is 22.7 Å². The van der Waals surface area contributed by atoms with E-state index in [0.29, 0.717) is 30.6 Å². The van der Waals surface area contributed by atoms with E-state index in [1.165, 1.54) is 0 Å². The lowest BCUT2D eigenvalue weighted by Gasteiger charge is -2.37. The van der Waals surface area contributed by atoms with E-state index >= 15 is 0 Å². The molecule has 1 aliphatic carbocycles. The molecule has 11 heteroatoms. The summed E-state index contributed by atoms with van der Waals surface area (Å²) in [7, 11) is 0. The van der Waals surface area contributed by atoms with Crippen LogP contribution in [0.15, 0.2) is 6.07 Å². The Balaban J connectivity index is 1.77. The minimum atomic E-state index is -4.01. The molecule has 2 aliphatic rings. The summed E-state index contributed by atoms with van der Waals surface area (Å²) >= 11 is 5.89. The van der Waals surface area contributed by atoms with Crippen LogP contribution in [-0.2, 0) is 4.74 Å². The van der Waals surface area contributed by atoms with Gasteiger partial charge in [0.25, 0.3) is 0 Å². The Morgan fingerprint density at radius 2 is 1.72 bits per heavy atom. The van der Waals surface area contributed by atoms with Gasteiger partial charge in [-0.3, -0.25) is 4.74 Å². The molecule has 0 atom stereocenters. The molecule has 25 heavy (non-hydrogen) atoms. The fourth-order valence-corrected chi connectivity index (χ4v) is 3.16. The van der Waals surface area contributed by atoms with E-state index in [1.807, 2.05) is 0 Å². The summed E-state index contributed by atoms with van der Waals surface area (Å²) in [5, 5.41) is 12.5. The number of nitrogens with zero attached hydrogens (tertiary/aromatic N) is 3. The maximum absolute atomic E-state index is 13.4. The number of anilines is 2. The fourth-order valence-electron chi connectivity index (χ4n) is 2.98. The van der Waals surface area contributed by atoms with Crippen molar-refractivity contribution in [1.82, 2.24) is 9.97 Å². The average Bonchev–Trinajstić information content (AvgIpc) is 2.46. The van der Waals surface area contributed by atoms with Gasteiger partial charge in [0.15, 0.2) is 0 Å². The Hall–Kier alpha value is -1.39. The molecule has 140 valence electrons. The fraction of sp³-hybridized carbons (Fsp3) is 0.714. The van der Waals surface area contributed by atoms with Gasteiger partial charge in [0.2, 0.25) is 5.95 Å². The van der Waals surface area contributed by atoms with Crippen molar-refractivity contribution in [3.05, 3.63) is 11.2 Å². The average molecular weight is 385 g/mol. The van der Waals surface area contributed by atoms with Crippen LogP contribution in [0.4, 0.5) is 29.3 Å². The zero-order chi connectivity index (χ0) is 18.2. The molecule has 0 spiro atoms. The Bertz CT molecular complexity index is 613. The van der Waals surface area contributed by atoms with Gasteiger partial charge in [-0.25, -0.2) is 4.98 Å². The van der Waals surface area contributed by atoms with Crippen LogP contribution < -0.4 is 10.2 Å². The molecule has 3 rings (SSSR count). The molecule has 2 fully saturated rings. The van der Waals surface area contributed by atoms with Gasteiger partial charge in [0, 0.05) is 12.1 Å². The van der Waals surface area contributed by atoms with Crippen LogP contribution in [0.5, 0.6) is 0 Å². The molecule has 1 saturated carbocycles. The van der Waals surface area contributed by atoms with Gasteiger partial charge >= 0.3 is 12.2 Å². The quantitative estimate of drug-likeness (QED) is 0.617. The molecule has 6 nitrogen and oxygen atoms in total. The molecule has 0 unspecified atom stereocenters. The highest BCUT2D eigenvalue weighted by Gasteiger charge is 2.52. The minimum absolute atomic E-state index is 0.0118. The highest BCUT2D eigenvalue weighted by molar-refractivity contribution is 6.29. The normalized spacial score (nSPS) is 28.6. The Morgan fingerprint density at radius 1 is 1.12 bits per heavy atom. The minimum Gasteiger partial charge on any atom is -0.393 e. The number of rotatable bonds is 3. The first-order chi connectivity index (χ1) is 11.6. The van der Waals surface area contributed by atoms with E-state index < -0.39 is 25.3 Å². The summed E-state index contributed by atoms with van der Waals surface area (Å²) in [5.74, 6) is -0.0667. The second kappa shape index (κ2) is 6.73. The first-order valence-electron chi connectivity index (χ1n) is 7.82. The molecule has 0 amide bonds. The SMILES string of the molecule is OC1CCC(Nc2nc(Cl)cc(N3CC(F)(F)OC(F)(F)C3)n2)CC1. The largest absolute Gasteiger partial charge is 0.393 e. The summed E-state index contributed by atoms with van der Waals surface area (Å²) in [4.78, 5) is 8.71. The third kappa shape index (κ3) is 4.83. The third-order valence-electron chi connectivity index (χ3n) is 4.08. The van der Waals surface area contributed by atoms with Crippen molar-refractivity contribution in [2.24, 2.45) is 0 Å². The number of aromatic nitrogens is 2. The molecule has 1 saturated heterocycles. The second-order valence-electron chi connectivity index (χ2n) is 6.26. The zero-order valence-corrected chi connectivity index (χ0v) is 13.8. The second-order valence-corrected chi connectivity index (χ2v) is 6.64. The van der Waals surface area contributed by atoms with Crippen LogP contribution in [0, 0.1) is 0 Å². The summed E-state index contributed by atoms with van der Waals surface area (Å²) in [6, 6.07) is 1.14. The number of morpholine rings is 1. The summed E-state index contributed by atoms with van der Waals surface area (Å²) in [6.45, 7) is -2.13. The third-order valence-corrected chi connectivity index (χ3v) is 4.28. The first-order valence-corrected chi connectivity index (χ1v) is 8.20. The number of hydrogen-bond donors (Lipinski definition) is 2. The molecule has 1 aromatic heterocycles. The van der Waals surface area contributed by atoms with Crippen molar-refractivity contribution in [2.75, 3.05) is 23.3 Å². The highest BCUT2D eigenvalue weighted by Crippen LogP contribution is 2.36. The lowest BCUT2D eigenvalue weighted by atomic mass is 9.93. The highest BCUT2D eigenvalue weighted by atomic mass is 35.5. The van der Waals surface area contributed by atoms with Crippen LogP contribution in [-0.4, -0.2) is 52.5 Å². The molecule has 2 N–H and O–H groups in total.